The first-order valence-electron chi connectivity index (χ1n) is 7.35. The number of carbonyl (C=O) groups is 2. The molecule has 6 heteroatoms. The summed E-state index contributed by atoms with van der Waals surface area (Å²) in [5, 5.41) is 5.48. The number of hydrogen-bond acceptors (Lipinski definition) is 2. The van der Waals surface area contributed by atoms with Crippen LogP contribution in [0.1, 0.15) is 31.1 Å². The summed E-state index contributed by atoms with van der Waals surface area (Å²) in [6.45, 7) is 5.38. The van der Waals surface area contributed by atoms with Crippen molar-refractivity contribution in [2.75, 3.05) is 10.6 Å². The first-order valence-corrected chi connectivity index (χ1v) is 7.72. The number of amides is 2. The van der Waals surface area contributed by atoms with Crippen LogP contribution in [0.25, 0.3) is 0 Å². The van der Waals surface area contributed by atoms with Crippen molar-refractivity contribution in [2.45, 2.75) is 20.8 Å². The van der Waals surface area contributed by atoms with Gasteiger partial charge in [0.25, 0.3) is 5.91 Å². The van der Waals surface area contributed by atoms with Crippen LogP contribution in [0, 0.1) is 11.2 Å². The molecule has 0 fully saturated rings. The van der Waals surface area contributed by atoms with Gasteiger partial charge in [0, 0.05) is 21.7 Å². The Morgan fingerprint density at radius 2 is 1.75 bits per heavy atom. The van der Waals surface area contributed by atoms with E-state index in [0.29, 0.717) is 11.3 Å². The molecule has 0 heterocycles. The summed E-state index contributed by atoms with van der Waals surface area (Å²) < 4.78 is 13.8. The molecule has 0 saturated heterocycles. The SMILES string of the molecule is CC(C)(C)C(=O)Nc1cccc(C(=O)Nc2ccc(Cl)cc2F)c1. The van der Waals surface area contributed by atoms with Crippen molar-refractivity contribution in [1.82, 2.24) is 0 Å². The zero-order valence-corrected chi connectivity index (χ0v) is 14.4. The molecule has 4 nitrogen and oxygen atoms in total. The standard InChI is InChI=1S/C18H18ClFN2O2/c1-18(2,3)17(24)21-13-6-4-5-11(9-13)16(23)22-15-8-7-12(19)10-14(15)20/h4-10H,1-3H3,(H,21,24)(H,22,23). The highest BCUT2D eigenvalue weighted by atomic mass is 35.5. The lowest BCUT2D eigenvalue weighted by atomic mass is 9.95. The summed E-state index contributed by atoms with van der Waals surface area (Å²) in [4.78, 5) is 24.3. The lowest BCUT2D eigenvalue weighted by Crippen LogP contribution is -2.27. The first kappa shape index (κ1) is 17.9. The summed E-state index contributed by atoms with van der Waals surface area (Å²) in [6.07, 6.45) is 0. The van der Waals surface area contributed by atoms with E-state index in [4.69, 9.17) is 11.6 Å². The minimum Gasteiger partial charge on any atom is -0.326 e. The third-order valence-electron chi connectivity index (χ3n) is 3.24. The van der Waals surface area contributed by atoms with Crippen LogP contribution in [0.4, 0.5) is 15.8 Å². The lowest BCUT2D eigenvalue weighted by Gasteiger charge is -2.18. The van der Waals surface area contributed by atoms with Crippen LogP contribution in [-0.4, -0.2) is 11.8 Å². The van der Waals surface area contributed by atoms with Gasteiger partial charge in [0.1, 0.15) is 5.82 Å². The monoisotopic (exact) mass is 348 g/mol. The molecular formula is C18H18ClFN2O2. The molecule has 2 N–H and O–H groups in total. The van der Waals surface area contributed by atoms with Gasteiger partial charge in [-0.1, -0.05) is 38.4 Å². The Kier molecular flexibility index (Phi) is 5.24. The van der Waals surface area contributed by atoms with Crippen LogP contribution in [0.15, 0.2) is 42.5 Å². The molecule has 2 rings (SSSR count). The molecule has 0 aliphatic carbocycles. The Bertz CT molecular complexity index is 785. The Hall–Kier alpha value is -2.40. The summed E-state index contributed by atoms with van der Waals surface area (Å²) in [5.41, 5.74) is 0.286. The summed E-state index contributed by atoms with van der Waals surface area (Å²) in [6, 6.07) is 10.4. The highest BCUT2D eigenvalue weighted by Gasteiger charge is 2.21. The van der Waals surface area contributed by atoms with Crippen LogP contribution in [0.5, 0.6) is 0 Å². The number of rotatable bonds is 3. The smallest absolute Gasteiger partial charge is 0.255 e. The van der Waals surface area contributed by atoms with E-state index in [-0.39, 0.29) is 16.6 Å². The highest BCUT2D eigenvalue weighted by Crippen LogP contribution is 2.21. The molecule has 2 amide bonds. The molecule has 0 saturated carbocycles. The van der Waals surface area contributed by atoms with E-state index < -0.39 is 17.1 Å². The average molecular weight is 349 g/mol. The third kappa shape index (κ3) is 4.55. The molecule has 0 aromatic heterocycles. The van der Waals surface area contributed by atoms with Gasteiger partial charge in [-0.2, -0.15) is 0 Å². The normalized spacial score (nSPS) is 11.0. The Balaban J connectivity index is 2.16. The number of halogens is 2. The van der Waals surface area contributed by atoms with Gasteiger partial charge in [-0.05, 0) is 36.4 Å². The average Bonchev–Trinajstić information content (AvgIpc) is 2.49. The van der Waals surface area contributed by atoms with Crippen molar-refractivity contribution in [3.8, 4) is 0 Å². The number of anilines is 2. The molecule has 0 aliphatic rings. The van der Waals surface area contributed by atoms with Gasteiger partial charge in [-0.3, -0.25) is 9.59 Å². The molecular weight excluding hydrogens is 331 g/mol. The maximum Gasteiger partial charge on any atom is 0.255 e. The van der Waals surface area contributed by atoms with Crippen LogP contribution < -0.4 is 10.6 Å². The number of nitrogens with one attached hydrogen (secondary N) is 2. The summed E-state index contributed by atoms with van der Waals surface area (Å²) in [7, 11) is 0. The van der Waals surface area contributed by atoms with E-state index in [0.717, 1.165) is 6.07 Å². The van der Waals surface area contributed by atoms with Crippen molar-refractivity contribution < 1.29 is 14.0 Å². The van der Waals surface area contributed by atoms with Gasteiger partial charge in [-0.25, -0.2) is 4.39 Å². The van der Waals surface area contributed by atoms with Crippen molar-refractivity contribution >= 4 is 34.8 Å². The quantitative estimate of drug-likeness (QED) is 0.843. The van der Waals surface area contributed by atoms with Crippen molar-refractivity contribution in [3.63, 3.8) is 0 Å². The molecule has 0 atom stereocenters. The Morgan fingerprint density at radius 1 is 1.04 bits per heavy atom. The first-order chi connectivity index (χ1) is 11.2. The topological polar surface area (TPSA) is 58.2 Å². The van der Waals surface area contributed by atoms with Crippen molar-refractivity contribution in [3.05, 3.63) is 58.9 Å². The predicted molar refractivity (Wildman–Crippen MR) is 93.9 cm³/mol. The molecule has 0 aliphatic heterocycles. The highest BCUT2D eigenvalue weighted by molar-refractivity contribution is 6.30. The number of carbonyl (C=O) groups excluding carboxylic acids is 2. The molecule has 0 bridgehead atoms. The molecule has 2 aromatic rings. The van der Waals surface area contributed by atoms with Crippen molar-refractivity contribution in [1.29, 1.82) is 0 Å². The van der Waals surface area contributed by atoms with Crippen LogP contribution >= 0.6 is 11.6 Å². The van der Waals surface area contributed by atoms with E-state index in [1.165, 1.54) is 18.2 Å². The molecule has 24 heavy (non-hydrogen) atoms. The van der Waals surface area contributed by atoms with Gasteiger partial charge >= 0.3 is 0 Å². The molecule has 0 spiro atoms. The van der Waals surface area contributed by atoms with Gasteiger partial charge < -0.3 is 10.6 Å². The van der Waals surface area contributed by atoms with Crippen LogP contribution in [0.2, 0.25) is 5.02 Å². The summed E-state index contributed by atoms with van der Waals surface area (Å²) in [5.74, 6) is -1.26. The Labute approximate surface area is 145 Å². The summed E-state index contributed by atoms with van der Waals surface area (Å²) >= 11 is 5.68. The minimum absolute atomic E-state index is 0.0357. The van der Waals surface area contributed by atoms with Crippen LogP contribution in [-0.2, 0) is 4.79 Å². The van der Waals surface area contributed by atoms with E-state index >= 15 is 0 Å². The van der Waals surface area contributed by atoms with E-state index in [2.05, 4.69) is 10.6 Å². The second kappa shape index (κ2) is 7.01. The second-order valence-electron chi connectivity index (χ2n) is 6.36. The van der Waals surface area contributed by atoms with Crippen LogP contribution in [0.3, 0.4) is 0 Å². The largest absolute Gasteiger partial charge is 0.326 e. The lowest BCUT2D eigenvalue weighted by molar-refractivity contribution is -0.123. The van der Waals surface area contributed by atoms with E-state index in [9.17, 15) is 14.0 Å². The maximum atomic E-state index is 13.8. The maximum absolute atomic E-state index is 13.8. The predicted octanol–water partition coefficient (Wildman–Crippen LogP) is 4.72. The molecule has 126 valence electrons. The number of hydrogen-bond donors (Lipinski definition) is 2. The van der Waals surface area contributed by atoms with E-state index in [1.807, 2.05) is 0 Å². The van der Waals surface area contributed by atoms with E-state index in [1.54, 1.807) is 39.0 Å². The third-order valence-corrected chi connectivity index (χ3v) is 3.48. The minimum atomic E-state index is -0.618. The zero-order chi connectivity index (χ0) is 17.9. The van der Waals surface area contributed by atoms with Gasteiger partial charge in [0.15, 0.2) is 0 Å². The fourth-order valence-electron chi connectivity index (χ4n) is 1.84. The molecule has 0 unspecified atom stereocenters. The fraction of sp³-hybridized carbons (Fsp3) is 0.222. The van der Waals surface area contributed by atoms with Crippen molar-refractivity contribution in [2.24, 2.45) is 5.41 Å². The molecule has 2 aromatic carbocycles. The van der Waals surface area contributed by atoms with Gasteiger partial charge in [0.05, 0.1) is 5.69 Å². The van der Waals surface area contributed by atoms with Gasteiger partial charge in [-0.15, -0.1) is 0 Å². The number of benzene rings is 2. The fourth-order valence-corrected chi connectivity index (χ4v) is 2.00. The Morgan fingerprint density at radius 3 is 2.38 bits per heavy atom. The molecule has 0 radical (unpaired) electrons. The van der Waals surface area contributed by atoms with Gasteiger partial charge in [0.2, 0.25) is 5.91 Å². The zero-order valence-electron chi connectivity index (χ0n) is 13.6. The second-order valence-corrected chi connectivity index (χ2v) is 6.80.